The second-order valence-corrected chi connectivity index (χ2v) is 5.45. The number of carbonyl (C=O) groups is 1. The van der Waals surface area contributed by atoms with Gasteiger partial charge in [0, 0.05) is 17.5 Å². The molecule has 0 saturated heterocycles. The summed E-state index contributed by atoms with van der Waals surface area (Å²) in [6.07, 6.45) is 1.84. The molecular formula is C17H16ClNO. The Balaban J connectivity index is 1.65. The van der Waals surface area contributed by atoms with Gasteiger partial charge in [0.2, 0.25) is 0 Å². The van der Waals surface area contributed by atoms with E-state index >= 15 is 0 Å². The predicted octanol–water partition coefficient (Wildman–Crippen LogP) is 3.32. The van der Waals surface area contributed by atoms with E-state index in [2.05, 4.69) is 17.4 Å². The Hall–Kier alpha value is -1.80. The molecule has 0 fully saturated rings. The SMILES string of the molecule is O=C(NC1Cc2ccccc2C1)c1ccc(CCl)cc1. The van der Waals surface area contributed by atoms with Gasteiger partial charge in [-0.05, 0) is 41.7 Å². The van der Waals surface area contributed by atoms with Crippen LogP contribution in [0, 0.1) is 0 Å². The van der Waals surface area contributed by atoms with E-state index in [9.17, 15) is 4.79 Å². The van der Waals surface area contributed by atoms with Gasteiger partial charge in [-0.15, -0.1) is 11.6 Å². The summed E-state index contributed by atoms with van der Waals surface area (Å²) in [5, 5.41) is 3.11. The third-order valence-electron chi connectivity index (χ3n) is 3.76. The molecule has 3 rings (SSSR count). The van der Waals surface area contributed by atoms with Crippen molar-refractivity contribution in [1.29, 1.82) is 0 Å². The van der Waals surface area contributed by atoms with Crippen molar-refractivity contribution in [2.75, 3.05) is 0 Å². The van der Waals surface area contributed by atoms with Gasteiger partial charge in [-0.25, -0.2) is 0 Å². The Morgan fingerprint density at radius 1 is 1.05 bits per heavy atom. The Morgan fingerprint density at radius 3 is 2.20 bits per heavy atom. The topological polar surface area (TPSA) is 29.1 Å². The fourth-order valence-electron chi connectivity index (χ4n) is 2.67. The second-order valence-electron chi connectivity index (χ2n) is 5.18. The molecule has 1 amide bonds. The van der Waals surface area contributed by atoms with Crippen molar-refractivity contribution >= 4 is 17.5 Å². The van der Waals surface area contributed by atoms with Crippen LogP contribution in [0.15, 0.2) is 48.5 Å². The molecule has 1 aliphatic rings. The number of rotatable bonds is 3. The van der Waals surface area contributed by atoms with E-state index in [1.54, 1.807) is 0 Å². The van der Waals surface area contributed by atoms with Gasteiger partial charge in [-0.1, -0.05) is 36.4 Å². The zero-order chi connectivity index (χ0) is 13.9. The Labute approximate surface area is 123 Å². The Morgan fingerprint density at radius 2 is 1.65 bits per heavy atom. The molecule has 0 bridgehead atoms. The molecule has 0 heterocycles. The van der Waals surface area contributed by atoms with E-state index in [0.717, 1.165) is 18.4 Å². The van der Waals surface area contributed by atoms with Crippen molar-refractivity contribution in [3.8, 4) is 0 Å². The first-order valence-corrected chi connectivity index (χ1v) is 7.32. The van der Waals surface area contributed by atoms with Crippen molar-refractivity contribution in [3.63, 3.8) is 0 Å². The van der Waals surface area contributed by atoms with Crippen LogP contribution in [-0.2, 0) is 18.7 Å². The minimum Gasteiger partial charge on any atom is -0.349 e. The Bertz CT molecular complexity index is 596. The van der Waals surface area contributed by atoms with E-state index in [4.69, 9.17) is 11.6 Å². The average molecular weight is 286 g/mol. The van der Waals surface area contributed by atoms with Gasteiger partial charge in [-0.2, -0.15) is 0 Å². The monoisotopic (exact) mass is 285 g/mol. The number of fused-ring (bicyclic) bond motifs is 1. The lowest BCUT2D eigenvalue weighted by Crippen LogP contribution is -2.35. The zero-order valence-corrected chi connectivity index (χ0v) is 11.9. The molecule has 20 heavy (non-hydrogen) atoms. The van der Waals surface area contributed by atoms with E-state index < -0.39 is 0 Å². The maximum Gasteiger partial charge on any atom is 0.251 e. The minimum absolute atomic E-state index is 0.0103. The largest absolute Gasteiger partial charge is 0.349 e. The molecule has 0 aromatic heterocycles. The summed E-state index contributed by atoms with van der Waals surface area (Å²) in [5.74, 6) is 0.462. The Kier molecular flexibility index (Phi) is 3.75. The first-order chi connectivity index (χ1) is 9.76. The number of benzene rings is 2. The second kappa shape index (κ2) is 5.68. The molecule has 0 spiro atoms. The quantitative estimate of drug-likeness (QED) is 0.861. The highest BCUT2D eigenvalue weighted by Gasteiger charge is 2.22. The van der Waals surface area contributed by atoms with Crippen molar-refractivity contribution in [2.45, 2.75) is 24.8 Å². The molecule has 0 radical (unpaired) electrons. The van der Waals surface area contributed by atoms with E-state index in [0.29, 0.717) is 11.4 Å². The summed E-state index contributed by atoms with van der Waals surface area (Å²) in [7, 11) is 0. The van der Waals surface area contributed by atoms with Crippen LogP contribution < -0.4 is 5.32 Å². The van der Waals surface area contributed by atoms with Crippen LogP contribution in [0.1, 0.15) is 27.0 Å². The molecule has 2 nitrogen and oxygen atoms in total. The van der Waals surface area contributed by atoms with E-state index in [1.165, 1.54) is 11.1 Å². The van der Waals surface area contributed by atoms with Crippen molar-refractivity contribution in [1.82, 2.24) is 5.32 Å². The van der Waals surface area contributed by atoms with E-state index in [1.807, 2.05) is 36.4 Å². The summed E-state index contributed by atoms with van der Waals surface area (Å²) in [4.78, 5) is 12.2. The minimum atomic E-state index is -0.0103. The number of halogens is 1. The van der Waals surface area contributed by atoms with Crippen LogP contribution in [0.3, 0.4) is 0 Å². The fraction of sp³-hybridized carbons (Fsp3) is 0.235. The van der Waals surface area contributed by atoms with Crippen LogP contribution in [0.4, 0.5) is 0 Å². The van der Waals surface area contributed by atoms with Crippen molar-refractivity contribution in [3.05, 3.63) is 70.8 Å². The third kappa shape index (κ3) is 2.70. The number of hydrogen-bond acceptors (Lipinski definition) is 1. The smallest absolute Gasteiger partial charge is 0.251 e. The molecule has 3 heteroatoms. The molecule has 0 saturated carbocycles. The number of carbonyl (C=O) groups excluding carboxylic acids is 1. The number of amides is 1. The van der Waals surface area contributed by atoms with Crippen molar-refractivity contribution in [2.24, 2.45) is 0 Å². The van der Waals surface area contributed by atoms with Gasteiger partial charge in [0.05, 0.1) is 0 Å². The fourth-order valence-corrected chi connectivity index (χ4v) is 2.85. The van der Waals surface area contributed by atoms with Crippen LogP contribution in [-0.4, -0.2) is 11.9 Å². The molecule has 0 aliphatic heterocycles. The summed E-state index contributed by atoms with van der Waals surface area (Å²) >= 11 is 5.75. The standard InChI is InChI=1S/C17H16ClNO/c18-11-12-5-7-13(8-6-12)17(20)19-16-9-14-3-1-2-4-15(14)10-16/h1-8,16H,9-11H2,(H,19,20). The number of alkyl halides is 1. The van der Waals surface area contributed by atoms with Crippen LogP contribution in [0.5, 0.6) is 0 Å². The summed E-state index contributed by atoms with van der Waals surface area (Å²) in [6, 6.07) is 16.0. The van der Waals surface area contributed by atoms with Gasteiger partial charge in [0.15, 0.2) is 0 Å². The van der Waals surface area contributed by atoms with E-state index in [-0.39, 0.29) is 11.9 Å². The summed E-state index contributed by atoms with van der Waals surface area (Å²) in [5.41, 5.74) is 4.40. The van der Waals surface area contributed by atoms with Crippen LogP contribution in [0.2, 0.25) is 0 Å². The summed E-state index contributed by atoms with van der Waals surface area (Å²) < 4.78 is 0. The zero-order valence-electron chi connectivity index (χ0n) is 11.1. The molecule has 1 aliphatic carbocycles. The number of nitrogens with one attached hydrogen (secondary N) is 1. The highest BCUT2D eigenvalue weighted by molar-refractivity contribution is 6.17. The van der Waals surface area contributed by atoms with Gasteiger partial charge < -0.3 is 5.32 Å². The molecule has 102 valence electrons. The molecule has 0 unspecified atom stereocenters. The lowest BCUT2D eigenvalue weighted by atomic mass is 10.1. The van der Waals surface area contributed by atoms with Gasteiger partial charge >= 0.3 is 0 Å². The highest BCUT2D eigenvalue weighted by atomic mass is 35.5. The lowest BCUT2D eigenvalue weighted by Gasteiger charge is -2.12. The molecule has 2 aromatic carbocycles. The average Bonchev–Trinajstić information content (AvgIpc) is 2.89. The van der Waals surface area contributed by atoms with Crippen LogP contribution >= 0.6 is 11.6 Å². The molecule has 0 atom stereocenters. The summed E-state index contributed by atoms with van der Waals surface area (Å²) in [6.45, 7) is 0. The van der Waals surface area contributed by atoms with Gasteiger partial charge in [0.25, 0.3) is 5.91 Å². The third-order valence-corrected chi connectivity index (χ3v) is 4.07. The predicted molar refractivity (Wildman–Crippen MR) is 81.1 cm³/mol. The normalized spacial score (nSPS) is 14.1. The molecule has 1 N–H and O–H groups in total. The molecule has 2 aromatic rings. The van der Waals surface area contributed by atoms with Crippen molar-refractivity contribution < 1.29 is 4.79 Å². The van der Waals surface area contributed by atoms with Gasteiger partial charge in [-0.3, -0.25) is 4.79 Å². The maximum atomic E-state index is 12.2. The van der Waals surface area contributed by atoms with Gasteiger partial charge in [0.1, 0.15) is 0 Å². The highest BCUT2D eigenvalue weighted by Crippen LogP contribution is 2.21. The molecular weight excluding hydrogens is 270 g/mol. The number of hydrogen-bond donors (Lipinski definition) is 1. The first kappa shape index (κ1) is 13.2. The lowest BCUT2D eigenvalue weighted by molar-refractivity contribution is 0.0938. The maximum absolute atomic E-state index is 12.2. The first-order valence-electron chi connectivity index (χ1n) is 6.79. The van der Waals surface area contributed by atoms with Crippen LogP contribution in [0.25, 0.3) is 0 Å².